The van der Waals surface area contributed by atoms with E-state index in [9.17, 15) is 0 Å². The Hall–Kier alpha value is -1.18. The quantitative estimate of drug-likeness (QED) is 0.817. The normalized spacial score (nSPS) is 18.9. The first-order valence-corrected chi connectivity index (χ1v) is 5.81. The lowest BCUT2D eigenvalue weighted by atomic mass is 10.1. The second-order valence-corrected chi connectivity index (χ2v) is 4.26. The van der Waals surface area contributed by atoms with Crippen LogP contribution >= 0.6 is 0 Å². The number of hydrogen-bond acceptors (Lipinski definition) is 2. The van der Waals surface area contributed by atoms with E-state index in [1.165, 1.54) is 18.4 Å². The van der Waals surface area contributed by atoms with Gasteiger partial charge in [-0.1, -0.05) is 19.4 Å². The summed E-state index contributed by atoms with van der Waals surface area (Å²) in [7, 11) is 0. The Morgan fingerprint density at radius 3 is 3.13 bits per heavy atom. The van der Waals surface area contributed by atoms with Gasteiger partial charge in [-0.2, -0.15) is 0 Å². The summed E-state index contributed by atoms with van der Waals surface area (Å²) in [6, 6.07) is 6.32. The molecule has 1 aromatic carbocycles. The fraction of sp³-hybridized carbons (Fsp3) is 0.538. The van der Waals surface area contributed by atoms with Gasteiger partial charge < -0.3 is 10.1 Å². The van der Waals surface area contributed by atoms with Crippen LogP contribution < -0.4 is 10.1 Å². The summed E-state index contributed by atoms with van der Waals surface area (Å²) in [5, 5.41) is 3.42. The first-order chi connectivity index (χ1) is 7.29. The molecule has 0 unspecified atom stereocenters. The summed E-state index contributed by atoms with van der Waals surface area (Å²) in [5.74, 6) is 1.02. The summed E-state index contributed by atoms with van der Waals surface area (Å²) in [4.78, 5) is 0. The van der Waals surface area contributed by atoms with E-state index in [-0.39, 0.29) is 0 Å². The van der Waals surface area contributed by atoms with Crippen LogP contribution in [-0.2, 0) is 0 Å². The second kappa shape index (κ2) is 4.56. The van der Waals surface area contributed by atoms with Gasteiger partial charge in [0, 0.05) is 0 Å². The van der Waals surface area contributed by atoms with Crippen molar-refractivity contribution in [2.24, 2.45) is 0 Å². The molecule has 0 aliphatic carbocycles. The average molecular weight is 205 g/mol. The van der Waals surface area contributed by atoms with Gasteiger partial charge in [0.25, 0.3) is 0 Å². The van der Waals surface area contributed by atoms with Crippen LogP contribution in [0.15, 0.2) is 18.2 Å². The summed E-state index contributed by atoms with van der Waals surface area (Å²) >= 11 is 0. The van der Waals surface area contributed by atoms with Crippen LogP contribution in [0.5, 0.6) is 5.75 Å². The van der Waals surface area contributed by atoms with Crippen LogP contribution in [0.25, 0.3) is 0 Å². The molecule has 0 spiro atoms. The van der Waals surface area contributed by atoms with Gasteiger partial charge in [-0.05, 0) is 37.5 Å². The summed E-state index contributed by atoms with van der Waals surface area (Å²) < 4.78 is 5.95. The number of hydrogen-bond donors (Lipinski definition) is 1. The number of nitrogens with one attached hydrogen (secondary N) is 1. The van der Waals surface area contributed by atoms with Gasteiger partial charge >= 0.3 is 0 Å². The first kappa shape index (κ1) is 10.3. The molecule has 0 saturated carbocycles. The maximum Gasteiger partial charge on any atom is 0.143 e. The van der Waals surface area contributed by atoms with Crippen LogP contribution in [0.4, 0.5) is 5.69 Å². The molecule has 1 aromatic rings. The number of aryl methyl sites for hydroxylation is 1. The highest BCUT2D eigenvalue weighted by atomic mass is 16.5. The van der Waals surface area contributed by atoms with Crippen molar-refractivity contribution in [3.05, 3.63) is 23.8 Å². The van der Waals surface area contributed by atoms with E-state index >= 15 is 0 Å². The van der Waals surface area contributed by atoms with Crippen LogP contribution in [0.1, 0.15) is 31.7 Å². The average Bonchev–Trinajstić information content (AvgIpc) is 2.25. The van der Waals surface area contributed by atoms with E-state index < -0.39 is 0 Å². The second-order valence-electron chi connectivity index (χ2n) is 4.26. The Bertz CT molecular complexity index is 335. The highest BCUT2D eigenvalue weighted by Gasteiger charge is 2.18. The highest BCUT2D eigenvalue weighted by molar-refractivity contribution is 5.59. The summed E-state index contributed by atoms with van der Waals surface area (Å²) in [6.45, 7) is 5.25. The van der Waals surface area contributed by atoms with Gasteiger partial charge in [0.2, 0.25) is 0 Å². The first-order valence-electron chi connectivity index (χ1n) is 5.81. The molecule has 2 heteroatoms. The number of rotatable bonds is 3. The van der Waals surface area contributed by atoms with E-state index in [1.54, 1.807) is 0 Å². The molecule has 0 aromatic heterocycles. The molecule has 1 aliphatic rings. The summed E-state index contributed by atoms with van der Waals surface area (Å²) in [5.41, 5.74) is 2.39. The lowest BCUT2D eigenvalue weighted by Gasteiger charge is -2.27. The standard InChI is InChI=1S/C13H19NO/c1-3-4-5-11-9-14-12-7-6-10(2)8-13(12)15-11/h6-8,11,14H,3-5,9H2,1-2H3/t11-/m0/s1. The molecule has 0 fully saturated rings. The molecular weight excluding hydrogens is 186 g/mol. The Morgan fingerprint density at radius 1 is 1.47 bits per heavy atom. The van der Waals surface area contributed by atoms with Crippen molar-refractivity contribution in [1.29, 1.82) is 0 Å². The molecule has 0 amide bonds. The van der Waals surface area contributed by atoms with Crippen LogP contribution in [-0.4, -0.2) is 12.6 Å². The Balaban J connectivity index is 2.05. The van der Waals surface area contributed by atoms with Gasteiger partial charge in [0.1, 0.15) is 11.9 Å². The Labute approximate surface area is 91.6 Å². The van der Waals surface area contributed by atoms with E-state index in [0.29, 0.717) is 6.10 Å². The zero-order chi connectivity index (χ0) is 10.7. The maximum absolute atomic E-state index is 5.95. The third-order valence-electron chi connectivity index (χ3n) is 2.83. The zero-order valence-corrected chi connectivity index (χ0v) is 9.55. The zero-order valence-electron chi connectivity index (χ0n) is 9.55. The molecule has 1 aliphatic heterocycles. The number of ether oxygens (including phenoxy) is 1. The summed E-state index contributed by atoms with van der Waals surface area (Å²) in [6.07, 6.45) is 3.98. The van der Waals surface area contributed by atoms with E-state index in [1.807, 2.05) is 0 Å². The predicted molar refractivity (Wildman–Crippen MR) is 63.6 cm³/mol. The van der Waals surface area contributed by atoms with Crippen LogP contribution in [0.2, 0.25) is 0 Å². The highest BCUT2D eigenvalue weighted by Crippen LogP contribution is 2.30. The van der Waals surface area contributed by atoms with Crippen molar-refractivity contribution in [3.8, 4) is 5.75 Å². The van der Waals surface area contributed by atoms with E-state index in [2.05, 4.69) is 37.4 Å². The Morgan fingerprint density at radius 2 is 2.33 bits per heavy atom. The lowest BCUT2D eigenvalue weighted by Crippen LogP contribution is -2.30. The van der Waals surface area contributed by atoms with E-state index in [0.717, 1.165) is 24.4 Å². The van der Waals surface area contributed by atoms with Crippen molar-refractivity contribution >= 4 is 5.69 Å². The van der Waals surface area contributed by atoms with Crippen molar-refractivity contribution in [2.75, 3.05) is 11.9 Å². The fourth-order valence-corrected chi connectivity index (χ4v) is 1.91. The molecular formula is C13H19NO. The maximum atomic E-state index is 5.95. The molecule has 2 nitrogen and oxygen atoms in total. The minimum atomic E-state index is 0.347. The molecule has 15 heavy (non-hydrogen) atoms. The lowest BCUT2D eigenvalue weighted by molar-refractivity contribution is 0.192. The molecule has 0 bridgehead atoms. The number of fused-ring (bicyclic) bond motifs is 1. The van der Waals surface area contributed by atoms with Gasteiger partial charge in [-0.3, -0.25) is 0 Å². The largest absolute Gasteiger partial charge is 0.486 e. The monoisotopic (exact) mass is 205 g/mol. The van der Waals surface area contributed by atoms with Crippen molar-refractivity contribution in [2.45, 2.75) is 39.2 Å². The van der Waals surface area contributed by atoms with Gasteiger partial charge in [-0.25, -0.2) is 0 Å². The SMILES string of the molecule is CCCC[C@H]1CNc2ccc(C)cc2O1. The van der Waals surface area contributed by atoms with Gasteiger partial charge in [-0.15, -0.1) is 0 Å². The molecule has 82 valence electrons. The minimum absolute atomic E-state index is 0.347. The molecule has 1 atom stereocenters. The molecule has 1 N–H and O–H groups in total. The van der Waals surface area contributed by atoms with E-state index in [4.69, 9.17) is 4.74 Å². The Kier molecular flexibility index (Phi) is 3.14. The third-order valence-corrected chi connectivity index (χ3v) is 2.83. The van der Waals surface area contributed by atoms with Crippen LogP contribution in [0.3, 0.4) is 0 Å². The predicted octanol–water partition coefficient (Wildman–Crippen LogP) is 3.36. The van der Waals surface area contributed by atoms with Crippen LogP contribution in [0, 0.1) is 6.92 Å². The third kappa shape index (κ3) is 2.44. The minimum Gasteiger partial charge on any atom is -0.486 e. The van der Waals surface area contributed by atoms with Crippen molar-refractivity contribution in [1.82, 2.24) is 0 Å². The topological polar surface area (TPSA) is 21.3 Å². The number of unbranched alkanes of at least 4 members (excludes halogenated alkanes) is 1. The van der Waals surface area contributed by atoms with Gasteiger partial charge in [0.15, 0.2) is 0 Å². The van der Waals surface area contributed by atoms with Gasteiger partial charge in [0.05, 0.1) is 12.2 Å². The fourth-order valence-electron chi connectivity index (χ4n) is 1.91. The molecule has 1 heterocycles. The number of benzene rings is 1. The smallest absolute Gasteiger partial charge is 0.143 e. The molecule has 0 radical (unpaired) electrons. The molecule has 2 rings (SSSR count). The number of anilines is 1. The van der Waals surface area contributed by atoms with Crippen molar-refractivity contribution in [3.63, 3.8) is 0 Å². The molecule has 0 saturated heterocycles. The van der Waals surface area contributed by atoms with Crippen molar-refractivity contribution < 1.29 is 4.74 Å².